The van der Waals surface area contributed by atoms with E-state index in [0.29, 0.717) is 23.7 Å². The average Bonchev–Trinajstić information content (AvgIpc) is 2.32. The third-order valence-corrected chi connectivity index (χ3v) is 2.30. The predicted molar refractivity (Wildman–Crippen MR) is 67.1 cm³/mol. The van der Waals surface area contributed by atoms with Gasteiger partial charge in [-0.2, -0.15) is 0 Å². The van der Waals surface area contributed by atoms with E-state index in [2.05, 4.69) is 5.32 Å². The van der Waals surface area contributed by atoms with Crippen molar-refractivity contribution >= 4 is 17.3 Å². The van der Waals surface area contributed by atoms with Crippen molar-refractivity contribution in [2.75, 3.05) is 24.8 Å². The number of methoxy groups -OCH3 is 1. The number of carbonyl (C=O) groups excluding carboxylic acids is 1. The van der Waals surface area contributed by atoms with E-state index < -0.39 is 6.10 Å². The fourth-order valence-corrected chi connectivity index (χ4v) is 1.33. The van der Waals surface area contributed by atoms with Gasteiger partial charge in [-0.05, 0) is 26.0 Å². The minimum atomic E-state index is -0.509. The summed E-state index contributed by atoms with van der Waals surface area (Å²) in [6.45, 7) is 4.01. The molecule has 0 saturated carbocycles. The molecule has 17 heavy (non-hydrogen) atoms. The third-order valence-electron chi connectivity index (χ3n) is 2.30. The summed E-state index contributed by atoms with van der Waals surface area (Å²) in [5.41, 5.74) is 6.77. The summed E-state index contributed by atoms with van der Waals surface area (Å²) in [7, 11) is 1.56. The lowest BCUT2D eigenvalue weighted by molar-refractivity contribution is -0.126. The molecule has 0 spiro atoms. The maximum Gasteiger partial charge on any atom is 0.253 e. The van der Waals surface area contributed by atoms with Crippen molar-refractivity contribution in [2.45, 2.75) is 20.0 Å². The van der Waals surface area contributed by atoms with Crippen LogP contribution in [0.15, 0.2) is 18.2 Å². The number of carbonyl (C=O) groups is 1. The van der Waals surface area contributed by atoms with E-state index in [1.807, 2.05) is 6.92 Å². The highest BCUT2D eigenvalue weighted by Crippen LogP contribution is 2.24. The number of ether oxygens (including phenoxy) is 2. The van der Waals surface area contributed by atoms with Crippen molar-refractivity contribution in [3.05, 3.63) is 18.2 Å². The lowest BCUT2D eigenvalue weighted by atomic mass is 10.2. The monoisotopic (exact) mass is 238 g/mol. The first kappa shape index (κ1) is 13.3. The molecule has 1 aromatic carbocycles. The van der Waals surface area contributed by atoms with Crippen LogP contribution in [0.2, 0.25) is 0 Å². The molecule has 0 fully saturated rings. The van der Waals surface area contributed by atoms with Gasteiger partial charge >= 0.3 is 0 Å². The van der Waals surface area contributed by atoms with E-state index in [9.17, 15) is 4.79 Å². The van der Waals surface area contributed by atoms with Gasteiger partial charge in [-0.25, -0.2) is 0 Å². The van der Waals surface area contributed by atoms with E-state index in [1.165, 1.54) is 0 Å². The van der Waals surface area contributed by atoms with Gasteiger partial charge < -0.3 is 20.5 Å². The number of benzene rings is 1. The molecular weight excluding hydrogens is 220 g/mol. The molecule has 0 aliphatic carbocycles. The van der Waals surface area contributed by atoms with Crippen molar-refractivity contribution < 1.29 is 14.3 Å². The number of hydrogen-bond donors (Lipinski definition) is 2. The molecule has 0 saturated heterocycles. The second-order valence-corrected chi connectivity index (χ2v) is 3.54. The van der Waals surface area contributed by atoms with Gasteiger partial charge in [0.05, 0.1) is 18.5 Å². The van der Waals surface area contributed by atoms with Crippen molar-refractivity contribution in [3.8, 4) is 5.75 Å². The molecule has 0 aliphatic rings. The topological polar surface area (TPSA) is 73.6 Å². The van der Waals surface area contributed by atoms with E-state index in [0.717, 1.165) is 0 Å². The Kier molecular flexibility index (Phi) is 4.78. The van der Waals surface area contributed by atoms with Crippen LogP contribution >= 0.6 is 0 Å². The molecule has 3 N–H and O–H groups in total. The van der Waals surface area contributed by atoms with E-state index in [1.54, 1.807) is 32.2 Å². The zero-order valence-electron chi connectivity index (χ0n) is 10.3. The van der Waals surface area contributed by atoms with Gasteiger partial charge in [0.25, 0.3) is 5.91 Å². The first-order valence-electron chi connectivity index (χ1n) is 5.44. The van der Waals surface area contributed by atoms with Gasteiger partial charge in [0, 0.05) is 12.7 Å². The number of nitrogens with two attached hydrogens (primary N) is 1. The molecule has 0 bridgehead atoms. The lowest BCUT2D eigenvalue weighted by Gasteiger charge is -2.14. The smallest absolute Gasteiger partial charge is 0.253 e. The molecule has 5 nitrogen and oxygen atoms in total. The van der Waals surface area contributed by atoms with Crippen LogP contribution in [0.1, 0.15) is 13.8 Å². The van der Waals surface area contributed by atoms with Gasteiger partial charge in [-0.1, -0.05) is 0 Å². The first-order chi connectivity index (χ1) is 8.08. The Balaban J connectivity index is 2.76. The number of rotatable bonds is 5. The van der Waals surface area contributed by atoms with Gasteiger partial charge in [0.2, 0.25) is 0 Å². The van der Waals surface area contributed by atoms with Crippen LogP contribution < -0.4 is 15.8 Å². The van der Waals surface area contributed by atoms with Crippen LogP contribution in [0.4, 0.5) is 11.4 Å². The number of anilines is 2. The lowest BCUT2D eigenvalue weighted by Crippen LogP contribution is -2.28. The van der Waals surface area contributed by atoms with Gasteiger partial charge in [-0.3, -0.25) is 4.79 Å². The summed E-state index contributed by atoms with van der Waals surface area (Å²) >= 11 is 0. The zero-order valence-corrected chi connectivity index (χ0v) is 10.3. The quantitative estimate of drug-likeness (QED) is 0.765. The largest absolute Gasteiger partial charge is 0.497 e. The number of hydrogen-bond acceptors (Lipinski definition) is 4. The van der Waals surface area contributed by atoms with Crippen molar-refractivity contribution in [1.82, 2.24) is 0 Å². The molecule has 94 valence electrons. The third kappa shape index (κ3) is 3.64. The van der Waals surface area contributed by atoms with Crippen molar-refractivity contribution in [3.63, 3.8) is 0 Å². The van der Waals surface area contributed by atoms with Crippen LogP contribution in [0, 0.1) is 0 Å². The summed E-state index contributed by atoms with van der Waals surface area (Å²) in [4.78, 5) is 11.7. The Morgan fingerprint density at radius 1 is 1.53 bits per heavy atom. The Labute approximate surface area is 101 Å². The Morgan fingerprint density at radius 2 is 2.24 bits per heavy atom. The maximum absolute atomic E-state index is 11.7. The normalized spacial score (nSPS) is 11.9. The van der Waals surface area contributed by atoms with Gasteiger partial charge in [0.1, 0.15) is 11.9 Å². The molecular formula is C12H18N2O3. The summed E-state index contributed by atoms with van der Waals surface area (Å²) in [6, 6.07) is 5.09. The van der Waals surface area contributed by atoms with Crippen LogP contribution in [0.25, 0.3) is 0 Å². The van der Waals surface area contributed by atoms with Crippen molar-refractivity contribution in [1.29, 1.82) is 0 Å². The molecule has 0 aromatic heterocycles. The van der Waals surface area contributed by atoms with Gasteiger partial charge in [-0.15, -0.1) is 0 Å². The molecule has 1 aromatic rings. The predicted octanol–water partition coefficient (Wildman–Crippen LogP) is 1.64. The highest BCUT2D eigenvalue weighted by molar-refractivity contribution is 5.96. The van der Waals surface area contributed by atoms with Crippen LogP contribution in [-0.2, 0) is 9.53 Å². The summed E-state index contributed by atoms with van der Waals surface area (Å²) in [6.07, 6.45) is -0.509. The van der Waals surface area contributed by atoms with Crippen LogP contribution in [0.3, 0.4) is 0 Å². The first-order valence-corrected chi connectivity index (χ1v) is 5.44. The number of amides is 1. The SMILES string of the molecule is CCOC(C)C(=O)Nc1cc(OC)ccc1N. The molecule has 1 rings (SSSR count). The molecule has 1 amide bonds. The molecule has 0 aliphatic heterocycles. The minimum Gasteiger partial charge on any atom is -0.497 e. The molecule has 5 heteroatoms. The molecule has 0 radical (unpaired) electrons. The fraction of sp³-hybridized carbons (Fsp3) is 0.417. The second kappa shape index (κ2) is 6.10. The number of nitrogens with one attached hydrogen (secondary N) is 1. The Morgan fingerprint density at radius 3 is 2.82 bits per heavy atom. The Bertz CT molecular complexity index is 393. The summed E-state index contributed by atoms with van der Waals surface area (Å²) in [5.74, 6) is 0.408. The Hall–Kier alpha value is -1.75. The highest BCUT2D eigenvalue weighted by Gasteiger charge is 2.14. The standard InChI is InChI=1S/C12H18N2O3/c1-4-17-8(2)12(15)14-11-7-9(16-3)5-6-10(11)13/h5-8H,4,13H2,1-3H3,(H,14,15). The minimum absolute atomic E-state index is 0.230. The zero-order chi connectivity index (χ0) is 12.8. The van der Waals surface area contributed by atoms with Gasteiger partial charge in [0.15, 0.2) is 0 Å². The number of nitrogen functional groups attached to an aromatic ring is 1. The summed E-state index contributed by atoms with van der Waals surface area (Å²) in [5, 5.41) is 2.70. The van der Waals surface area contributed by atoms with E-state index in [-0.39, 0.29) is 5.91 Å². The molecule has 0 heterocycles. The average molecular weight is 238 g/mol. The van der Waals surface area contributed by atoms with Crippen LogP contribution in [-0.4, -0.2) is 25.7 Å². The highest BCUT2D eigenvalue weighted by atomic mass is 16.5. The van der Waals surface area contributed by atoms with Crippen molar-refractivity contribution in [2.24, 2.45) is 0 Å². The molecule has 1 atom stereocenters. The molecule has 1 unspecified atom stereocenters. The van der Waals surface area contributed by atoms with Crippen LogP contribution in [0.5, 0.6) is 5.75 Å². The van der Waals surface area contributed by atoms with E-state index in [4.69, 9.17) is 15.2 Å². The second-order valence-electron chi connectivity index (χ2n) is 3.54. The van der Waals surface area contributed by atoms with E-state index >= 15 is 0 Å². The fourth-order valence-electron chi connectivity index (χ4n) is 1.33. The maximum atomic E-state index is 11.7. The summed E-state index contributed by atoms with van der Waals surface area (Å²) < 4.78 is 10.2.